The van der Waals surface area contributed by atoms with Gasteiger partial charge in [0.1, 0.15) is 11.2 Å². The van der Waals surface area contributed by atoms with Gasteiger partial charge in [-0.2, -0.15) is 11.3 Å². The molecule has 0 aliphatic carbocycles. The number of ketones is 1. The molecule has 181 valence electrons. The fourth-order valence-electron chi connectivity index (χ4n) is 3.46. The number of aliphatic hydroxyl groups excluding tert-OH is 1. The standard InChI is InChI=1S/C19H10N3S.C9H16O2.Ir/c1-2-5-13-12(4-1)8-9-21-17(13)15-7-3-6-14-16-10-20-11-22-19(16)23-18(14)15;1-6(2)8(10)5-9(11)7(3)4;/h1-6,8-11H;5-7,10H,1-4H3;/q-1;;/b;8-5-;. The Hall–Kier alpha value is -2.99. The molecule has 1 radical (unpaired) electrons. The molecule has 2 aromatic carbocycles. The normalized spacial score (nSPS) is 11.5. The van der Waals surface area contributed by atoms with Crippen molar-refractivity contribution in [1.82, 2.24) is 15.0 Å². The molecule has 0 saturated heterocycles. The molecule has 1 N–H and O–H groups in total. The Morgan fingerprint density at radius 2 is 1.77 bits per heavy atom. The van der Waals surface area contributed by atoms with Crippen LogP contribution in [-0.4, -0.2) is 25.8 Å². The van der Waals surface area contributed by atoms with Crippen molar-refractivity contribution >= 4 is 48.2 Å². The second kappa shape index (κ2) is 11.6. The number of thiophene rings is 1. The first-order chi connectivity index (χ1) is 16.4. The van der Waals surface area contributed by atoms with E-state index in [1.165, 1.54) is 11.5 Å². The van der Waals surface area contributed by atoms with Crippen LogP contribution in [0.25, 0.3) is 42.3 Å². The number of aliphatic hydroxyl groups is 1. The van der Waals surface area contributed by atoms with E-state index in [2.05, 4.69) is 39.2 Å². The molecule has 5 rings (SSSR count). The number of nitrogens with zero attached hydrogens (tertiary/aromatic N) is 3. The van der Waals surface area contributed by atoms with Gasteiger partial charge in [-0.1, -0.05) is 57.3 Å². The van der Waals surface area contributed by atoms with Gasteiger partial charge in [0.05, 0.1) is 5.76 Å². The number of carbonyl (C=O) groups excluding carboxylic acids is 1. The monoisotopic (exact) mass is 661 g/mol. The van der Waals surface area contributed by atoms with Crippen molar-refractivity contribution in [3.05, 3.63) is 79.1 Å². The van der Waals surface area contributed by atoms with E-state index in [1.807, 2.05) is 64.4 Å². The molecule has 5 nitrogen and oxygen atoms in total. The molecule has 5 aromatic rings. The number of hydrogen-bond donors (Lipinski definition) is 1. The quantitative estimate of drug-likeness (QED) is 0.126. The zero-order valence-electron chi connectivity index (χ0n) is 19.9. The molecule has 35 heavy (non-hydrogen) atoms. The second-order valence-electron chi connectivity index (χ2n) is 8.60. The van der Waals surface area contributed by atoms with Crippen LogP contribution in [0.1, 0.15) is 27.7 Å². The van der Waals surface area contributed by atoms with E-state index in [1.54, 1.807) is 17.7 Å². The minimum Gasteiger partial charge on any atom is -0.512 e. The maximum absolute atomic E-state index is 11.0. The minimum atomic E-state index is -0.0316. The molecular weight excluding hydrogens is 635 g/mol. The molecule has 0 aliphatic rings. The molecule has 0 bridgehead atoms. The number of benzene rings is 2. The van der Waals surface area contributed by atoms with Crippen LogP contribution in [0.5, 0.6) is 0 Å². The van der Waals surface area contributed by atoms with Crippen LogP contribution in [0.15, 0.2) is 73.0 Å². The number of aromatic nitrogens is 3. The molecule has 0 amide bonds. The van der Waals surface area contributed by atoms with Crippen molar-refractivity contribution in [3.63, 3.8) is 0 Å². The Kier molecular flexibility index (Phi) is 8.84. The summed E-state index contributed by atoms with van der Waals surface area (Å²) in [5.74, 6) is 0.161. The number of pyridine rings is 1. The summed E-state index contributed by atoms with van der Waals surface area (Å²) in [6, 6.07) is 17.8. The van der Waals surface area contributed by atoms with E-state index in [9.17, 15) is 9.90 Å². The van der Waals surface area contributed by atoms with Crippen LogP contribution in [0.4, 0.5) is 0 Å². The molecule has 0 fully saturated rings. The molecule has 0 atom stereocenters. The smallest absolute Gasteiger partial charge is 0.161 e. The zero-order chi connectivity index (χ0) is 24.2. The summed E-state index contributed by atoms with van der Waals surface area (Å²) in [4.78, 5) is 25.2. The van der Waals surface area contributed by atoms with Crippen molar-refractivity contribution in [1.29, 1.82) is 0 Å². The Balaban J connectivity index is 0.000000247. The van der Waals surface area contributed by atoms with Crippen LogP contribution in [0.3, 0.4) is 0 Å². The SMILES string of the molecule is CC(C)C(=O)/C=C(\O)C(C)C.[Ir].[c-]1ccc2c(sc3ncncc32)c1-c1nccc2ccccc12. The Labute approximate surface area is 222 Å². The van der Waals surface area contributed by atoms with Crippen LogP contribution in [-0.2, 0) is 24.9 Å². The summed E-state index contributed by atoms with van der Waals surface area (Å²) in [6.45, 7) is 7.32. The Morgan fingerprint density at radius 3 is 2.51 bits per heavy atom. The van der Waals surface area contributed by atoms with Gasteiger partial charge in [-0.15, -0.1) is 23.8 Å². The van der Waals surface area contributed by atoms with Gasteiger partial charge in [0.25, 0.3) is 0 Å². The summed E-state index contributed by atoms with van der Waals surface area (Å²) < 4.78 is 1.16. The van der Waals surface area contributed by atoms with Crippen LogP contribution >= 0.6 is 11.3 Å². The maximum Gasteiger partial charge on any atom is 0.161 e. The zero-order valence-corrected chi connectivity index (χ0v) is 23.2. The molecule has 3 aromatic heterocycles. The summed E-state index contributed by atoms with van der Waals surface area (Å²) in [7, 11) is 0. The van der Waals surface area contributed by atoms with Crippen molar-refractivity contribution in [3.8, 4) is 11.3 Å². The Bertz CT molecular complexity index is 1500. The number of hydrogen-bond acceptors (Lipinski definition) is 6. The third kappa shape index (κ3) is 5.81. The van der Waals surface area contributed by atoms with Crippen molar-refractivity contribution in [2.75, 3.05) is 0 Å². The third-order valence-corrected chi connectivity index (χ3v) is 6.62. The van der Waals surface area contributed by atoms with E-state index < -0.39 is 0 Å². The fraction of sp³-hybridized carbons (Fsp3) is 0.214. The summed E-state index contributed by atoms with van der Waals surface area (Å²) >= 11 is 1.67. The molecule has 0 saturated carbocycles. The molecule has 0 unspecified atom stereocenters. The first-order valence-electron chi connectivity index (χ1n) is 11.2. The van der Waals surface area contributed by atoms with Crippen molar-refractivity contribution in [2.24, 2.45) is 11.8 Å². The van der Waals surface area contributed by atoms with Gasteiger partial charge in [0.15, 0.2) is 5.78 Å². The average molecular weight is 661 g/mol. The van der Waals surface area contributed by atoms with Gasteiger partial charge < -0.3 is 10.1 Å². The third-order valence-electron chi connectivity index (χ3n) is 5.48. The predicted molar refractivity (Wildman–Crippen MR) is 140 cm³/mol. The fourth-order valence-corrected chi connectivity index (χ4v) is 4.57. The van der Waals surface area contributed by atoms with Gasteiger partial charge >= 0.3 is 0 Å². The van der Waals surface area contributed by atoms with E-state index in [0.717, 1.165) is 36.9 Å². The van der Waals surface area contributed by atoms with Gasteiger partial charge in [-0.05, 0) is 27.2 Å². The number of allylic oxidation sites excluding steroid dienone is 2. The van der Waals surface area contributed by atoms with Crippen LogP contribution in [0.2, 0.25) is 0 Å². The largest absolute Gasteiger partial charge is 0.512 e. The van der Waals surface area contributed by atoms with Gasteiger partial charge in [0.2, 0.25) is 0 Å². The number of fused-ring (bicyclic) bond motifs is 4. The van der Waals surface area contributed by atoms with E-state index in [0.29, 0.717) is 0 Å². The topological polar surface area (TPSA) is 76.0 Å². The Morgan fingerprint density at radius 1 is 1.00 bits per heavy atom. The molecular formula is C28H26IrN3O2S-. The first kappa shape index (κ1) is 26.6. The summed E-state index contributed by atoms with van der Waals surface area (Å²) in [5, 5.41) is 13.8. The predicted octanol–water partition coefficient (Wildman–Crippen LogP) is 7.17. The summed E-state index contributed by atoms with van der Waals surface area (Å²) in [5.41, 5.74) is 2.00. The number of rotatable bonds is 4. The average Bonchev–Trinajstić information content (AvgIpc) is 3.23. The summed E-state index contributed by atoms with van der Waals surface area (Å²) in [6.07, 6.45) is 6.64. The second-order valence-corrected chi connectivity index (χ2v) is 9.60. The van der Waals surface area contributed by atoms with Gasteiger partial charge in [-0.3, -0.25) is 4.79 Å². The maximum atomic E-state index is 11.0. The molecule has 0 aliphatic heterocycles. The van der Waals surface area contributed by atoms with Gasteiger partial charge in [0, 0.05) is 55.8 Å². The van der Waals surface area contributed by atoms with E-state index >= 15 is 0 Å². The molecule has 0 spiro atoms. The molecule has 7 heteroatoms. The van der Waals surface area contributed by atoms with Crippen LogP contribution < -0.4 is 0 Å². The van der Waals surface area contributed by atoms with Crippen molar-refractivity contribution in [2.45, 2.75) is 27.7 Å². The van der Waals surface area contributed by atoms with E-state index in [4.69, 9.17) is 0 Å². The first-order valence-corrected chi connectivity index (χ1v) is 12.0. The van der Waals surface area contributed by atoms with Crippen molar-refractivity contribution < 1.29 is 30.0 Å². The van der Waals surface area contributed by atoms with Crippen LogP contribution in [0, 0.1) is 17.9 Å². The number of carbonyl (C=O) groups is 1. The van der Waals surface area contributed by atoms with E-state index in [-0.39, 0.29) is 43.5 Å². The minimum absolute atomic E-state index is 0. The molecule has 3 heterocycles. The van der Waals surface area contributed by atoms with Gasteiger partial charge in [-0.25, -0.2) is 9.97 Å².